The van der Waals surface area contributed by atoms with Crippen LogP contribution >= 0.6 is 11.6 Å². The molecule has 13 nitrogen and oxygen atoms in total. The Bertz CT molecular complexity index is 1840. The quantitative estimate of drug-likeness (QED) is 0.168. The number of hydrogen-bond acceptors (Lipinski definition) is 10. The van der Waals surface area contributed by atoms with E-state index in [4.69, 9.17) is 21.1 Å². The zero-order valence-electron chi connectivity index (χ0n) is 28.7. The Labute approximate surface area is 293 Å². The summed E-state index contributed by atoms with van der Waals surface area (Å²) in [6.45, 7) is 12.1. The molecule has 1 aliphatic rings. The van der Waals surface area contributed by atoms with Gasteiger partial charge in [-0.05, 0) is 97.9 Å². The van der Waals surface area contributed by atoms with Crippen molar-refractivity contribution >= 4 is 39.4 Å². The molecular formula is C32H41ClF3N7O6S. The average Bonchev–Trinajstić information content (AvgIpc) is 3.61. The number of pyridine rings is 2. The zero-order chi connectivity index (χ0) is 37.3. The number of anilines is 1. The molecule has 4 rings (SSSR count). The van der Waals surface area contributed by atoms with Crippen molar-refractivity contribution in [2.45, 2.75) is 103 Å². The predicted molar refractivity (Wildman–Crippen MR) is 179 cm³/mol. The van der Waals surface area contributed by atoms with Crippen LogP contribution in [-0.2, 0) is 14.8 Å². The Morgan fingerprint density at radius 3 is 2.34 bits per heavy atom. The van der Waals surface area contributed by atoms with Crippen molar-refractivity contribution in [3.05, 3.63) is 52.8 Å². The van der Waals surface area contributed by atoms with Gasteiger partial charge in [0.05, 0.1) is 17.6 Å². The third kappa shape index (κ3) is 9.99. The van der Waals surface area contributed by atoms with Gasteiger partial charge in [0.1, 0.15) is 16.6 Å². The molecule has 1 aliphatic carbocycles. The SMILES string of the molecule is Cc1ccc(NC(C)CC(C)(C)NC(=O)OC(C)(C)C)nc1S(=O)(=O)NC(=O)c1ccc(-n2ccc(OCCC3(C(F)(F)F)CC3)n2)nc1Cl. The van der Waals surface area contributed by atoms with Crippen molar-refractivity contribution in [1.82, 2.24) is 29.8 Å². The van der Waals surface area contributed by atoms with E-state index in [0.29, 0.717) is 6.42 Å². The van der Waals surface area contributed by atoms with Crippen LogP contribution in [0.25, 0.3) is 5.82 Å². The number of carbonyl (C=O) groups is 2. The summed E-state index contributed by atoms with van der Waals surface area (Å²) in [4.78, 5) is 33.7. The number of sulfonamides is 1. The molecule has 3 aromatic heterocycles. The van der Waals surface area contributed by atoms with E-state index >= 15 is 0 Å². The molecule has 0 aliphatic heterocycles. The fraction of sp³-hybridized carbons (Fsp3) is 0.531. The molecule has 3 aromatic rings. The summed E-state index contributed by atoms with van der Waals surface area (Å²) >= 11 is 6.26. The van der Waals surface area contributed by atoms with Crippen LogP contribution in [0.15, 0.2) is 41.6 Å². The molecule has 0 radical (unpaired) electrons. The molecule has 0 spiro atoms. The predicted octanol–water partition coefficient (Wildman–Crippen LogP) is 6.35. The Kier molecular flexibility index (Phi) is 11.0. The largest absolute Gasteiger partial charge is 0.477 e. The Hall–Kier alpha value is -4.12. The molecule has 18 heteroatoms. The van der Waals surface area contributed by atoms with Crippen molar-refractivity contribution in [2.75, 3.05) is 11.9 Å². The van der Waals surface area contributed by atoms with Gasteiger partial charge >= 0.3 is 12.3 Å². The van der Waals surface area contributed by atoms with E-state index in [9.17, 15) is 31.2 Å². The summed E-state index contributed by atoms with van der Waals surface area (Å²) < 4.78 is 80.1. The molecule has 2 amide bonds. The van der Waals surface area contributed by atoms with Crippen LogP contribution in [-0.4, -0.2) is 70.1 Å². The highest BCUT2D eigenvalue weighted by atomic mass is 35.5. The second kappa shape index (κ2) is 14.2. The van der Waals surface area contributed by atoms with Gasteiger partial charge in [-0.3, -0.25) is 4.79 Å². The van der Waals surface area contributed by atoms with E-state index in [0.717, 1.165) is 0 Å². The number of hydrogen-bond donors (Lipinski definition) is 3. The van der Waals surface area contributed by atoms with Gasteiger partial charge in [-0.25, -0.2) is 24.2 Å². The van der Waals surface area contributed by atoms with Crippen LogP contribution < -0.4 is 20.1 Å². The first-order chi connectivity index (χ1) is 23.0. The highest BCUT2D eigenvalue weighted by molar-refractivity contribution is 7.90. The molecule has 0 bridgehead atoms. The van der Waals surface area contributed by atoms with Crippen molar-refractivity contribution in [2.24, 2.45) is 5.41 Å². The zero-order valence-corrected chi connectivity index (χ0v) is 30.3. The minimum absolute atomic E-state index is 0.0731. The topological polar surface area (TPSA) is 166 Å². The van der Waals surface area contributed by atoms with E-state index in [2.05, 4.69) is 25.7 Å². The van der Waals surface area contributed by atoms with Crippen molar-refractivity contribution in [3.8, 4) is 11.7 Å². The molecule has 3 heterocycles. The number of rotatable bonds is 13. The minimum Gasteiger partial charge on any atom is -0.477 e. The lowest BCUT2D eigenvalue weighted by Crippen LogP contribution is -2.48. The minimum atomic E-state index is -4.48. The molecule has 0 saturated heterocycles. The van der Waals surface area contributed by atoms with Crippen molar-refractivity contribution in [3.63, 3.8) is 0 Å². The van der Waals surface area contributed by atoms with Gasteiger partial charge in [0.15, 0.2) is 10.8 Å². The number of alkyl carbamates (subject to hydrolysis) is 1. The first-order valence-corrected chi connectivity index (χ1v) is 17.6. The number of ether oxygens (including phenoxy) is 2. The number of carbonyl (C=O) groups excluding carboxylic acids is 2. The number of aryl methyl sites for hydroxylation is 1. The number of amides is 2. The maximum absolute atomic E-state index is 13.3. The molecule has 1 fully saturated rings. The summed E-state index contributed by atoms with van der Waals surface area (Å²) in [7, 11) is -4.48. The summed E-state index contributed by atoms with van der Waals surface area (Å²) in [5.41, 5.74) is -3.00. The molecule has 1 saturated carbocycles. The molecule has 1 unspecified atom stereocenters. The Balaban J connectivity index is 1.38. The lowest BCUT2D eigenvalue weighted by Gasteiger charge is -2.31. The number of nitrogens with zero attached hydrogens (tertiary/aromatic N) is 4. The maximum atomic E-state index is 13.3. The number of halogens is 4. The second-order valence-electron chi connectivity index (χ2n) is 14.0. The highest BCUT2D eigenvalue weighted by Crippen LogP contribution is 2.59. The fourth-order valence-electron chi connectivity index (χ4n) is 5.20. The van der Waals surface area contributed by atoms with Crippen LogP contribution in [0.2, 0.25) is 5.15 Å². The van der Waals surface area contributed by atoms with Gasteiger partial charge in [-0.15, -0.1) is 5.10 Å². The summed E-state index contributed by atoms with van der Waals surface area (Å²) in [5, 5.41) is 9.38. The second-order valence-corrected chi connectivity index (χ2v) is 16.0. The van der Waals surface area contributed by atoms with E-state index in [1.165, 1.54) is 42.1 Å². The van der Waals surface area contributed by atoms with Crippen LogP contribution in [0.1, 0.15) is 83.1 Å². The lowest BCUT2D eigenvalue weighted by molar-refractivity contribution is -0.190. The van der Waals surface area contributed by atoms with Gasteiger partial charge in [0.25, 0.3) is 15.9 Å². The van der Waals surface area contributed by atoms with Crippen LogP contribution in [0, 0.1) is 12.3 Å². The Morgan fingerprint density at radius 1 is 1.06 bits per heavy atom. The fourth-order valence-corrected chi connectivity index (χ4v) is 6.59. The maximum Gasteiger partial charge on any atom is 0.408 e. The Morgan fingerprint density at radius 2 is 1.74 bits per heavy atom. The van der Waals surface area contributed by atoms with Crippen molar-refractivity contribution < 1.29 is 40.7 Å². The number of nitrogens with one attached hydrogen (secondary N) is 3. The van der Waals surface area contributed by atoms with Crippen LogP contribution in [0.5, 0.6) is 5.88 Å². The lowest BCUT2D eigenvalue weighted by atomic mass is 9.96. The third-order valence-corrected chi connectivity index (χ3v) is 9.41. The van der Waals surface area contributed by atoms with Crippen LogP contribution in [0.3, 0.4) is 0 Å². The molecule has 274 valence electrons. The monoisotopic (exact) mass is 743 g/mol. The van der Waals surface area contributed by atoms with Gasteiger partial charge < -0.3 is 20.1 Å². The molecule has 1 atom stereocenters. The van der Waals surface area contributed by atoms with E-state index < -0.39 is 44.8 Å². The van der Waals surface area contributed by atoms with Gasteiger partial charge in [0.2, 0.25) is 5.88 Å². The first kappa shape index (κ1) is 38.7. The molecule has 3 N–H and O–H groups in total. The van der Waals surface area contributed by atoms with Crippen molar-refractivity contribution in [1.29, 1.82) is 0 Å². The molecule has 50 heavy (non-hydrogen) atoms. The van der Waals surface area contributed by atoms with Gasteiger partial charge in [0, 0.05) is 23.8 Å². The number of aromatic nitrogens is 4. The summed E-state index contributed by atoms with van der Waals surface area (Å²) in [5.74, 6) is -0.611. The third-order valence-electron chi connectivity index (χ3n) is 7.75. The van der Waals surface area contributed by atoms with Crippen LogP contribution in [0.4, 0.5) is 23.8 Å². The summed E-state index contributed by atoms with van der Waals surface area (Å²) in [6.07, 6.45) is -2.99. The number of alkyl halides is 3. The smallest absolute Gasteiger partial charge is 0.408 e. The van der Waals surface area contributed by atoms with Gasteiger partial charge in [-0.2, -0.15) is 21.6 Å². The summed E-state index contributed by atoms with van der Waals surface area (Å²) in [6, 6.07) is 6.92. The van der Waals surface area contributed by atoms with E-state index in [-0.39, 0.29) is 70.7 Å². The average molecular weight is 744 g/mol. The standard InChI is InChI=1S/C32H41ClF3N7O6S/c1-19-8-10-22(37-20(2)18-30(6,7)40-28(45)49-29(3,4)5)38-27(19)50(46,47)42-26(44)21-9-11-23(39-25(21)33)43-16-12-24(41-43)48-17-15-31(13-14-31)32(34,35)36/h8-12,16,20H,13-15,17-18H2,1-7H3,(H,37,38)(H,40,45)(H,42,44). The molecular weight excluding hydrogens is 703 g/mol. The van der Waals surface area contributed by atoms with Gasteiger partial charge in [-0.1, -0.05) is 17.7 Å². The first-order valence-electron chi connectivity index (χ1n) is 15.7. The molecule has 0 aromatic carbocycles. The van der Waals surface area contributed by atoms with E-state index in [1.54, 1.807) is 26.8 Å². The normalized spacial score (nSPS) is 15.2. The van der Waals surface area contributed by atoms with E-state index in [1.807, 2.05) is 25.5 Å². The highest BCUT2D eigenvalue weighted by Gasteiger charge is 2.62.